The maximum atomic E-state index is 12.1. The zero-order valence-electron chi connectivity index (χ0n) is 13.2. The van der Waals surface area contributed by atoms with E-state index in [1.54, 1.807) is 18.2 Å². The Hall–Kier alpha value is -1.11. The molecule has 0 unspecified atom stereocenters. The zero-order chi connectivity index (χ0) is 16.8. The van der Waals surface area contributed by atoms with Gasteiger partial charge >= 0.3 is 0 Å². The summed E-state index contributed by atoms with van der Waals surface area (Å²) >= 11 is 5.91. The largest absolute Gasteiger partial charge is 0.325 e. The van der Waals surface area contributed by atoms with E-state index in [1.807, 2.05) is 13.8 Å². The van der Waals surface area contributed by atoms with E-state index in [4.69, 9.17) is 11.6 Å². The molecule has 0 spiro atoms. The molecular weight excluding hydrogens is 324 g/mol. The number of hydrogen-bond acceptors (Lipinski definition) is 3. The molecule has 0 saturated heterocycles. The van der Waals surface area contributed by atoms with Crippen molar-refractivity contribution in [1.29, 1.82) is 0 Å². The monoisotopic (exact) mass is 346 g/mol. The molecule has 0 aliphatic carbocycles. The van der Waals surface area contributed by atoms with E-state index in [0.29, 0.717) is 17.3 Å². The molecule has 1 amide bonds. The number of anilines is 1. The molecule has 1 aromatic carbocycles. The fourth-order valence-corrected chi connectivity index (χ4v) is 2.96. The lowest BCUT2D eigenvalue weighted by atomic mass is 10.2. The Labute approximate surface area is 137 Å². The summed E-state index contributed by atoms with van der Waals surface area (Å²) < 4.78 is 24.7. The molecule has 0 radical (unpaired) electrons. The van der Waals surface area contributed by atoms with E-state index in [9.17, 15) is 13.2 Å². The summed E-state index contributed by atoms with van der Waals surface area (Å²) in [4.78, 5) is 12.1. The number of halogens is 1. The maximum Gasteiger partial charge on any atom is 0.239 e. The highest BCUT2D eigenvalue weighted by Crippen LogP contribution is 2.20. The van der Waals surface area contributed by atoms with Crippen LogP contribution in [-0.2, 0) is 14.8 Å². The molecule has 22 heavy (non-hydrogen) atoms. The van der Waals surface area contributed by atoms with E-state index in [-0.39, 0.29) is 12.5 Å². The number of carbonyl (C=O) groups is 1. The van der Waals surface area contributed by atoms with Crippen LogP contribution < -0.4 is 5.32 Å². The lowest BCUT2D eigenvalue weighted by Gasteiger charge is -2.19. The lowest BCUT2D eigenvalue weighted by Crippen LogP contribution is -2.38. The van der Waals surface area contributed by atoms with Gasteiger partial charge in [0.05, 0.1) is 12.8 Å². The first-order valence-electron chi connectivity index (χ1n) is 7.25. The summed E-state index contributed by atoms with van der Waals surface area (Å²) in [5.74, 6) is -0.368. The van der Waals surface area contributed by atoms with Crippen LogP contribution in [0.1, 0.15) is 31.7 Å². The molecule has 7 heteroatoms. The summed E-state index contributed by atoms with van der Waals surface area (Å²) in [6.07, 6.45) is 3.79. The van der Waals surface area contributed by atoms with E-state index in [0.717, 1.165) is 31.1 Å². The molecule has 1 rings (SSSR count). The Morgan fingerprint density at radius 3 is 2.59 bits per heavy atom. The molecule has 0 atom stereocenters. The number of sulfonamides is 1. The number of amides is 1. The van der Waals surface area contributed by atoms with Crippen LogP contribution in [0.4, 0.5) is 5.69 Å². The van der Waals surface area contributed by atoms with E-state index >= 15 is 0 Å². The van der Waals surface area contributed by atoms with E-state index in [2.05, 4.69) is 5.32 Å². The highest BCUT2D eigenvalue weighted by molar-refractivity contribution is 7.88. The van der Waals surface area contributed by atoms with Gasteiger partial charge in [-0.05, 0) is 31.0 Å². The van der Waals surface area contributed by atoms with Crippen LogP contribution in [0.5, 0.6) is 0 Å². The fraction of sp³-hybridized carbons (Fsp3) is 0.533. The predicted octanol–water partition coefficient (Wildman–Crippen LogP) is 3.04. The predicted molar refractivity (Wildman–Crippen MR) is 90.8 cm³/mol. The third kappa shape index (κ3) is 6.34. The third-order valence-corrected chi connectivity index (χ3v) is 4.76. The molecule has 0 aliphatic heterocycles. The SMILES string of the molecule is CCCCCN(CC(=O)Nc1cc(Cl)ccc1C)S(C)(=O)=O. The van der Waals surface area contributed by atoms with Gasteiger partial charge in [-0.1, -0.05) is 37.4 Å². The number of rotatable bonds is 8. The number of hydrogen-bond donors (Lipinski definition) is 1. The molecule has 1 aromatic rings. The molecule has 124 valence electrons. The number of nitrogens with zero attached hydrogens (tertiary/aromatic N) is 1. The van der Waals surface area contributed by atoms with Crippen LogP contribution in [0.25, 0.3) is 0 Å². The Morgan fingerprint density at radius 1 is 1.32 bits per heavy atom. The molecule has 0 saturated carbocycles. The van der Waals surface area contributed by atoms with Gasteiger partial charge in [-0.25, -0.2) is 8.42 Å². The standard InChI is InChI=1S/C15H23ClN2O3S/c1-4-5-6-9-18(22(3,20)21)11-15(19)17-14-10-13(16)8-7-12(14)2/h7-8,10H,4-6,9,11H2,1-3H3,(H,17,19). The highest BCUT2D eigenvalue weighted by Gasteiger charge is 2.20. The Kier molecular flexibility index (Phi) is 7.32. The minimum atomic E-state index is -3.40. The zero-order valence-corrected chi connectivity index (χ0v) is 14.8. The smallest absolute Gasteiger partial charge is 0.239 e. The van der Waals surface area contributed by atoms with Gasteiger partial charge in [0.25, 0.3) is 0 Å². The number of aryl methyl sites for hydroxylation is 1. The van der Waals surface area contributed by atoms with Gasteiger partial charge in [0.1, 0.15) is 0 Å². The van der Waals surface area contributed by atoms with Crippen molar-refractivity contribution in [2.75, 3.05) is 24.7 Å². The Balaban J connectivity index is 2.72. The van der Waals surface area contributed by atoms with Crippen molar-refractivity contribution < 1.29 is 13.2 Å². The summed E-state index contributed by atoms with van der Waals surface area (Å²) in [6.45, 7) is 4.06. The molecule has 1 N–H and O–H groups in total. The molecule has 0 aromatic heterocycles. The summed E-state index contributed by atoms with van der Waals surface area (Å²) in [6, 6.07) is 5.18. The Morgan fingerprint density at radius 2 is 2.00 bits per heavy atom. The molecular formula is C15H23ClN2O3S. The van der Waals surface area contributed by atoms with Gasteiger partial charge in [0.2, 0.25) is 15.9 Å². The van der Waals surface area contributed by atoms with Crippen molar-refractivity contribution in [2.24, 2.45) is 0 Å². The minimum absolute atomic E-state index is 0.186. The Bertz CT molecular complexity index is 617. The molecule has 5 nitrogen and oxygen atoms in total. The van der Waals surface area contributed by atoms with Crippen molar-refractivity contribution in [3.63, 3.8) is 0 Å². The molecule has 0 fully saturated rings. The number of benzene rings is 1. The van der Waals surface area contributed by atoms with Crippen LogP contribution in [-0.4, -0.2) is 38.0 Å². The molecule has 0 bridgehead atoms. The van der Waals surface area contributed by atoms with Crippen molar-refractivity contribution in [2.45, 2.75) is 33.1 Å². The molecule has 0 heterocycles. The van der Waals surface area contributed by atoms with Crippen LogP contribution in [0.3, 0.4) is 0 Å². The maximum absolute atomic E-state index is 12.1. The second-order valence-electron chi connectivity index (χ2n) is 5.31. The van der Waals surface area contributed by atoms with Crippen LogP contribution in [0.2, 0.25) is 5.02 Å². The average Bonchev–Trinajstić information content (AvgIpc) is 2.41. The van der Waals surface area contributed by atoms with Gasteiger partial charge in [-0.2, -0.15) is 4.31 Å². The van der Waals surface area contributed by atoms with E-state index in [1.165, 1.54) is 4.31 Å². The minimum Gasteiger partial charge on any atom is -0.325 e. The van der Waals surface area contributed by atoms with Crippen molar-refractivity contribution in [1.82, 2.24) is 4.31 Å². The van der Waals surface area contributed by atoms with Gasteiger partial charge < -0.3 is 5.32 Å². The van der Waals surface area contributed by atoms with Crippen LogP contribution >= 0.6 is 11.6 Å². The van der Waals surface area contributed by atoms with Crippen molar-refractivity contribution >= 4 is 33.2 Å². The van der Waals surface area contributed by atoms with Gasteiger partial charge in [-0.15, -0.1) is 0 Å². The van der Waals surface area contributed by atoms with Gasteiger partial charge in [0, 0.05) is 17.3 Å². The lowest BCUT2D eigenvalue weighted by molar-refractivity contribution is -0.116. The normalized spacial score (nSPS) is 11.7. The van der Waals surface area contributed by atoms with Crippen LogP contribution in [0.15, 0.2) is 18.2 Å². The number of carbonyl (C=O) groups excluding carboxylic acids is 1. The van der Waals surface area contributed by atoms with Gasteiger partial charge in [0.15, 0.2) is 0 Å². The first-order valence-corrected chi connectivity index (χ1v) is 9.47. The summed E-state index contributed by atoms with van der Waals surface area (Å²) in [7, 11) is -3.40. The summed E-state index contributed by atoms with van der Waals surface area (Å²) in [5.41, 5.74) is 1.47. The quantitative estimate of drug-likeness (QED) is 0.736. The molecule has 0 aliphatic rings. The number of unbranched alkanes of at least 4 members (excludes halogenated alkanes) is 2. The van der Waals surface area contributed by atoms with Crippen molar-refractivity contribution in [3.05, 3.63) is 28.8 Å². The second-order valence-corrected chi connectivity index (χ2v) is 7.73. The highest BCUT2D eigenvalue weighted by atomic mass is 35.5. The fourth-order valence-electron chi connectivity index (χ4n) is 1.98. The first kappa shape index (κ1) is 18.9. The second kappa shape index (κ2) is 8.50. The average molecular weight is 347 g/mol. The third-order valence-electron chi connectivity index (χ3n) is 3.27. The number of nitrogens with one attached hydrogen (secondary N) is 1. The van der Waals surface area contributed by atoms with E-state index < -0.39 is 10.0 Å². The summed E-state index contributed by atoms with van der Waals surface area (Å²) in [5, 5.41) is 3.23. The van der Waals surface area contributed by atoms with Gasteiger partial charge in [-0.3, -0.25) is 4.79 Å². The topological polar surface area (TPSA) is 66.5 Å². The first-order chi connectivity index (χ1) is 10.2. The van der Waals surface area contributed by atoms with Crippen molar-refractivity contribution in [3.8, 4) is 0 Å². The van der Waals surface area contributed by atoms with Crippen LogP contribution in [0, 0.1) is 6.92 Å².